The molecule has 0 bridgehead atoms. The second kappa shape index (κ2) is 6.75. The smallest absolute Gasteiger partial charge is 0.307 e. The Labute approximate surface area is 108 Å². The predicted octanol–water partition coefficient (Wildman–Crippen LogP) is 3.04. The molecule has 1 N–H and O–H groups in total. The van der Waals surface area contributed by atoms with E-state index in [9.17, 15) is 13.2 Å². The lowest BCUT2D eigenvalue weighted by molar-refractivity contribution is -0.125. The van der Waals surface area contributed by atoms with Crippen molar-refractivity contribution in [2.45, 2.75) is 57.8 Å². The van der Waals surface area contributed by atoms with Crippen molar-refractivity contribution in [1.29, 1.82) is 0 Å². The van der Waals surface area contributed by atoms with Crippen molar-refractivity contribution in [3.05, 3.63) is 0 Å². The average molecular weight is 266 g/mol. The van der Waals surface area contributed by atoms with E-state index < -0.39 is 12.7 Å². The summed E-state index contributed by atoms with van der Waals surface area (Å²) in [5, 5.41) is 2.49. The van der Waals surface area contributed by atoms with Crippen molar-refractivity contribution >= 4 is 0 Å². The highest BCUT2D eigenvalue weighted by Crippen LogP contribution is 2.28. The number of nitrogens with zero attached hydrogens (tertiary/aromatic N) is 1. The number of halogens is 3. The first kappa shape index (κ1) is 15.8. The SMILES string of the molecule is CC1CCCCC1N(C)C(C)CNCC(F)(F)F. The number of hydrogen-bond donors (Lipinski definition) is 1. The molecule has 1 fully saturated rings. The van der Waals surface area contributed by atoms with Crippen molar-refractivity contribution in [3.63, 3.8) is 0 Å². The Morgan fingerprint density at radius 2 is 1.89 bits per heavy atom. The molecule has 1 saturated carbocycles. The summed E-state index contributed by atoms with van der Waals surface area (Å²) in [5.74, 6) is 0.647. The normalized spacial score (nSPS) is 27.5. The lowest BCUT2D eigenvalue weighted by Crippen LogP contribution is -2.48. The molecule has 0 saturated heterocycles. The van der Waals surface area contributed by atoms with Crippen LogP contribution in [0.25, 0.3) is 0 Å². The molecular weight excluding hydrogens is 241 g/mol. The summed E-state index contributed by atoms with van der Waals surface area (Å²) in [6, 6.07) is 0.652. The Morgan fingerprint density at radius 3 is 2.44 bits per heavy atom. The molecule has 3 atom stereocenters. The molecule has 1 aliphatic rings. The summed E-state index contributed by atoms with van der Waals surface area (Å²) in [6.07, 6.45) is 0.809. The van der Waals surface area contributed by atoms with Crippen molar-refractivity contribution in [2.75, 3.05) is 20.1 Å². The third kappa shape index (κ3) is 5.14. The third-order valence-corrected chi connectivity index (χ3v) is 4.05. The molecule has 0 heterocycles. The quantitative estimate of drug-likeness (QED) is 0.823. The van der Waals surface area contributed by atoms with E-state index in [1.54, 1.807) is 0 Å². The van der Waals surface area contributed by atoms with Crippen LogP contribution in [-0.2, 0) is 0 Å². The Morgan fingerprint density at radius 1 is 1.28 bits per heavy atom. The van der Waals surface area contributed by atoms with Crippen LogP contribution in [0.15, 0.2) is 0 Å². The maximum absolute atomic E-state index is 12.0. The summed E-state index contributed by atoms with van der Waals surface area (Å²) in [7, 11) is 2.03. The van der Waals surface area contributed by atoms with Gasteiger partial charge in [0, 0.05) is 18.6 Å². The first-order valence-electron chi connectivity index (χ1n) is 6.80. The molecule has 0 amide bonds. The molecule has 1 rings (SSSR count). The number of alkyl halides is 3. The first-order valence-corrected chi connectivity index (χ1v) is 6.80. The van der Waals surface area contributed by atoms with Crippen LogP contribution in [0.5, 0.6) is 0 Å². The van der Waals surface area contributed by atoms with Crippen molar-refractivity contribution in [2.24, 2.45) is 5.92 Å². The molecule has 3 unspecified atom stereocenters. The van der Waals surface area contributed by atoms with Gasteiger partial charge in [0.2, 0.25) is 0 Å². The number of rotatable bonds is 5. The van der Waals surface area contributed by atoms with Gasteiger partial charge < -0.3 is 5.32 Å². The van der Waals surface area contributed by atoms with Gasteiger partial charge in [0.1, 0.15) is 0 Å². The van der Waals surface area contributed by atoms with E-state index in [1.165, 1.54) is 25.7 Å². The van der Waals surface area contributed by atoms with Crippen molar-refractivity contribution in [1.82, 2.24) is 10.2 Å². The van der Waals surface area contributed by atoms with Gasteiger partial charge in [-0.2, -0.15) is 13.2 Å². The minimum absolute atomic E-state index is 0.137. The van der Waals surface area contributed by atoms with Crippen LogP contribution in [0.2, 0.25) is 0 Å². The van der Waals surface area contributed by atoms with Crippen molar-refractivity contribution in [3.8, 4) is 0 Å². The molecule has 0 aromatic rings. The number of likely N-dealkylation sites (N-methyl/N-ethyl adjacent to an activating group) is 1. The fraction of sp³-hybridized carbons (Fsp3) is 1.00. The number of hydrogen-bond acceptors (Lipinski definition) is 2. The van der Waals surface area contributed by atoms with Gasteiger partial charge in [-0.1, -0.05) is 19.8 Å². The lowest BCUT2D eigenvalue weighted by Gasteiger charge is -2.39. The summed E-state index contributed by atoms with van der Waals surface area (Å²) >= 11 is 0. The Bertz CT molecular complexity index is 243. The fourth-order valence-electron chi connectivity index (χ4n) is 2.80. The zero-order valence-electron chi connectivity index (χ0n) is 11.6. The predicted molar refractivity (Wildman–Crippen MR) is 67.6 cm³/mol. The Balaban J connectivity index is 2.33. The van der Waals surface area contributed by atoms with E-state index in [1.807, 2.05) is 14.0 Å². The molecule has 0 aromatic carbocycles. The highest BCUT2D eigenvalue weighted by molar-refractivity contribution is 4.82. The van der Waals surface area contributed by atoms with Crippen LogP contribution in [0.4, 0.5) is 13.2 Å². The molecule has 18 heavy (non-hydrogen) atoms. The van der Waals surface area contributed by atoms with Crippen LogP contribution in [-0.4, -0.2) is 43.3 Å². The van der Waals surface area contributed by atoms with Crippen LogP contribution in [0, 0.1) is 5.92 Å². The van der Waals surface area contributed by atoms with Gasteiger partial charge in [-0.05, 0) is 32.7 Å². The van der Waals surface area contributed by atoms with Crippen LogP contribution in [0.1, 0.15) is 39.5 Å². The maximum Gasteiger partial charge on any atom is 0.401 e. The van der Waals surface area contributed by atoms with E-state index in [0.29, 0.717) is 18.5 Å². The number of nitrogens with one attached hydrogen (secondary N) is 1. The monoisotopic (exact) mass is 266 g/mol. The molecule has 5 heteroatoms. The molecule has 0 spiro atoms. The Kier molecular flexibility index (Phi) is 5.92. The van der Waals surface area contributed by atoms with Crippen LogP contribution in [0.3, 0.4) is 0 Å². The van der Waals surface area contributed by atoms with E-state index in [4.69, 9.17) is 0 Å². The van der Waals surface area contributed by atoms with E-state index in [0.717, 1.165) is 0 Å². The van der Waals surface area contributed by atoms with Gasteiger partial charge in [-0.25, -0.2) is 0 Å². The molecule has 0 aliphatic heterocycles. The third-order valence-electron chi connectivity index (χ3n) is 4.05. The van der Waals surface area contributed by atoms with Gasteiger partial charge in [-0.15, -0.1) is 0 Å². The van der Waals surface area contributed by atoms with E-state index >= 15 is 0 Å². The van der Waals surface area contributed by atoms with Gasteiger partial charge >= 0.3 is 6.18 Å². The summed E-state index contributed by atoms with van der Waals surface area (Å²) in [5.41, 5.74) is 0. The van der Waals surface area contributed by atoms with E-state index in [-0.39, 0.29) is 6.04 Å². The lowest BCUT2D eigenvalue weighted by atomic mass is 9.84. The van der Waals surface area contributed by atoms with Gasteiger partial charge in [0.05, 0.1) is 6.54 Å². The Hall–Kier alpha value is -0.290. The maximum atomic E-state index is 12.0. The molecular formula is C13H25F3N2. The van der Waals surface area contributed by atoms with Crippen molar-refractivity contribution < 1.29 is 13.2 Å². The van der Waals surface area contributed by atoms with Crippen LogP contribution < -0.4 is 5.32 Å². The summed E-state index contributed by atoms with van der Waals surface area (Å²) in [4.78, 5) is 2.24. The second-order valence-electron chi connectivity index (χ2n) is 5.59. The van der Waals surface area contributed by atoms with Gasteiger partial charge in [0.15, 0.2) is 0 Å². The highest BCUT2D eigenvalue weighted by atomic mass is 19.4. The minimum Gasteiger partial charge on any atom is -0.307 e. The molecule has 108 valence electrons. The summed E-state index contributed by atoms with van der Waals surface area (Å²) < 4.78 is 36.1. The second-order valence-corrected chi connectivity index (χ2v) is 5.59. The minimum atomic E-state index is -4.11. The summed E-state index contributed by atoms with van der Waals surface area (Å²) in [6.45, 7) is 3.73. The molecule has 0 aromatic heterocycles. The van der Waals surface area contributed by atoms with Gasteiger partial charge in [0.25, 0.3) is 0 Å². The fourth-order valence-corrected chi connectivity index (χ4v) is 2.80. The van der Waals surface area contributed by atoms with E-state index in [2.05, 4.69) is 17.1 Å². The average Bonchev–Trinajstić information content (AvgIpc) is 2.27. The topological polar surface area (TPSA) is 15.3 Å². The van der Waals surface area contributed by atoms with Crippen LogP contribution >= 0.6 is 0 Å². The molecule has 1 aliphatic carbocycles. The highest BCUT2D eigenvalue weighted by Gasteiger charge is 2.29. The first-order chi connectivity index (χ1) is 8.31. The van der Waals surface area contributed by atoms with Gasteiger partial charge in [-0.3, -0.25) is 4.90 Å². The standard InChI is InChI=1S/C13H25F3N2/c1-10-6-4-5-7-12(10)18(3)11(2)8-17-9-13(14,15)16/h10-12,17H,4-9H2,1-3H3. The zero-order valence-corrected chi connectivity index (χ0v) is 11.6. The molecule has 0 radical (unpaired) electrons. The zero-order chi connectivity index (χ0) is 13.8. The largest absolute Gasteiger partial charge is 0.401 e. The molecule has 2 nitrogen and oxygen atoms in total.